The molecule has 1 saturated heterocycles. The van der Waals surface area contributed by atoms with E-state index in [0.717, 1.165) is 29.9 Å². The zero-order valence-corrected chi connectivity index (χ0v) is 15.4. The third-order valence-corrected chi connectivity index (χ3v) is 4.28. The summed E-state index contributed by atoms with van der Waals surface area (Å²) in [5, 5.41) is 0.685. The average molecular weight is 393 g/mol. The van der Waals surface area contributed by atoms with Crippen LogP contribution in [0.4, 0.5) is 0 Å². The van der Waals surface area contributed by atoms with Crippen molar-refractivity contribution in [3.05, 3.63) is 27.7 Å². The van der Waals surface area contributed by atoms with E-state index in [4.69, 9.17) is 25.8 Å². The fourth-order valence-electron chi connectivity index (χ4n) is 2.57. The third kappa shape index (κ3) is 6.05. The predicted molar refractivity (Wildman–Crippen MR) is 91.9 cm³/mol. The highest BCUT2D eigenvalue weighted by Gasteiger charge is 2.21. The Kier molecular flexibility index (Phi) is 7.44. The predicted octanol–water partition coefficient (Wildman–Crippen LogP) is 3.61. The van der Waals surface area contributed by atoms with Gasteiger partial charge in [0, 0.05) is 24.7 Å². The zero-order valence-electron chi connectivity index (χ0n) is 13.1. The number of rotatable bonds is 7. The molecule has 0 radical (unpaired) electrons. The van der Waals surface area contributed by atoms with Crippen LogP contribution in [0.5, 0.6) is 5.75 Å². The van der Waals surface area contributed by atoms with Gasteiger partial charge in [0.2, 0.25) is 0 Å². The Labute approximate surface area is 145 Å². The maximum atomic E-state index is 5.89. The van der Waals surface area contributed by atoms with Crippen molar-refractivity contribution >= 4 is 27.5 Å². The molecule has 0 spiro atoms. The van der Waals surface area contributed by atoms with Crippen LogP contribution in [0.1, 0.15) is 13.8 Å². The number of ether oxygens (including phenoxy) is 3. The molecule has 0 bridgehead atoms. The molecule has 1 aromatic rings. The van der Waals surface area contributed by atoms with E-state index in [2.05, 4.69) is 34.7 Å². The summed E-state index contributed by atoms with van der Waals surface area (Å²) in [4.78, 5) is 2.38. The third-order valence-electron chi connectivity index (χ3n) is 3.43. The monoisotopic (exact) mass is 391 g/mol. The molecule has 4 nitrogen and oxygen atoms in total. The van der Waals surface area contributed by atoms with Crippen molar-refractivity contribution in [2.75, 3.05) is 39.5 Å². The summed E-state index contributed by atoms with van der Waals surface area (Å²) in [6, 6.07) is 5.48. The van der Waals surface area contributed by atoms with E-state index in [1.165, 1.54) is 0 Å². The average Bonchev–Trinajstić information content (AvgIpc) is 2.43. The Hall–Kier alpha value is -0.330. The SMILES string of the molecule is C[C@H]1CN(CCOCCOc2ccc(Cl)cc2Br)C[C@H](C)O1. The van der Waals surface area contributed by atoms with Gasteiger partial charge in [0.15, 0.2) is 0 Å². The molecule has 2 rings (SSSR count). The van der Waals surface area contributed by atoms with E-state index >= 15 is 0 Å². The number of halogens is 2. The van der Waals surface area contributed by atoms with Crippen LogP contribution in [-0.2, 0) is 9.47 Å². The second-order valence-corrected chi connectivity index (χ2v) is 6.84. The Bertz CT molecular complexity index is 465. The maximum Gasteiger partial charge on any atom is 0.133 e. The first-order valence-electron chi connectivity index (χ1n) is 7.58. The van der Waals surface area contributed by atoms with Gasteiger partial charge in [-0.15, -0.1) is 0 Å². The van der Waals surface area contributed by atoms with Crippen molar-refractivity contribution in [2.24, 2.45) is 0 Å². The molecule has 22 heavy (non-hydrogen) atoms. The van der Waals surface area contributed by atoms with Gasteiger partial charge in [-0.25, -0.2) is 0 Å². The molecule has 0 aromatic heterocycles. The van der Waals surface area contributed by atoms with Gasteiger partial charge in [0.05, 0.1) is 29.9 Å². The number of hydrogen-bond acceptors (Lipinski definition) is 4. The van der Waals surface area contributed by atoms with Crippen LogP contribution in [-0.4, -0.2) is 56.6 Å². The number of benzene rings is 1. The minimum absolute atomic E-state index is 0.300. The number of morpholine rings is 1. The van der Waals surface area contributed by atoms with Crippen LogP contribution in [0.25, 0.3) is 0 Å². The van der Waals surface area contributed by atoms with Crippen molar-refractivity contribution in [1.29, 1.82) is 0 Å². The first kappa shape index (κ1) is 18.0. The smallest absolute Gasteiger partial charge is 0.133 e. The van der Waals surface area contributed by atoms with E-state index in [1.807, 2.05) is 18.2 Å². The highest BCUT2D eigenvalue weighted by molar-refractivity contribution is 9.10. The van der Waals surface area contributed by atoms with Gasteiger partial charge in [-0.2, -0.15) is 0 Å². The lowest BCUT2D eigenvalue weighted by atomic mass is 10.2. The van der Waals surface area contributed by atoms with Gasteiger partial charge in [-0.3, -0.25) is 4.90 Å². The molecule has 0 aliphatic carbocycles. The Morgan fingerprint density at radius 1 is 1.23 bits per heavy atom. The van der Waals surface area contributed by atoms with E-state index in [1.54, 1.807) is 0 Å². The Balaban J connectivity index is 1.57. The van der Waals surface area contributed by atoms with Crippen molar-refractivity contribution < 1.29 is 14.2 Å². The summed E-state index contributed by atoms with van der Waals surface area (Å²) >= 11 is 9.31. The van der Waals surface area contributed by atoms with Gasteiger partial charge in [0.25, 0.3) is 0 Å². The summed E-state index contributed by atoms with van der Waals surface area (Å²) in [7, 11) is 0. The van der Waals surface area contributed by atoms with Crippen molar-refractivity contribution in [3.63, 3.8) is 0 Å². The topological polar surface area (TPSA) is 30.9 Å². The fraction of sp³-hybridized carbons (Fsp3) is 0.625. The molecule has 0 N–H and O–H groups in total. The highest BCUT2D eigenvalue weighted by Crippen LogP contribution is 2.27. The molecular weight excluding hydrogens is 370 g/mol. The second-order valence-electron chi connectivity index (χ2n) is 5.55. The maximum absolute atomic E-state index is 5.89. The zero-order chi connectivity index (χ0) is 15.9. The minimum atomic E-state index is 0.300. The summed E-state index contributed by atoms with van der Waals surface area (Å²) in [5.41, 5.74) is 0. The lowest BCUT2D eigenvalue weighted by Crippen LogP contribution is -2.46. The Morgan fingerprint density at radius 2 is 1.95 bits per heavy atom. The van der Waals surface area contributed by atoms with Gasteiger partial charge >= 0.3 is 0 Å². The fourth-order valence-corrected chi connectivity index (χ4v) is 3.36. The molecule has 1 aliphatic heterocycles. The van der Waals surface area contributed by atoms with Gasteiger partial charge < -0.3 is 14.2 Å². The summed E-state index contributed by atoms with van der Waals surface area (Å²) in [6.07, 6.45) is 0.601. The van der Waals surface area contributed by atoms with Crippen LogP contribution < -0.4 is 4.74 Å². The van der Waals surface area contributed by atoms with Crippen molar-refractivity contribution in [3.8, 4) is 5.75 Å². The first-order chi connectivity index (χ1) is 10.5. The summed E-state index contributed by atoms with van der Waals surface area (Å²) < 4.78 is 17.9. The molecule has 2 atom stereocenters. The standard InChI is InChI=1S/C16H23BrClNO3/c1-12-10-19(11-13(2)22-12)5-6-20-7-8-21-16-4-3-14(18)9-15(16)17/h3-4,9,12-13H,5-8,10-11H2,1-2H3/t12-,13-/m0/s1. The molecule has 0 amide bonds. The van der Waals surface area contributed by atoms with E-state index in [0.29, 0.717) is 37.1 Å². The molecule has 1 fully saturated rings. The molecule has 1 aromatic carbocycles. The normalized spacial score (nSPS) is 22.7. The molecule has 1 aliphatic rings. The highest BCUT2D eigenvalue weighted by atomic mass is 79.9. The minimum Gasteiger partial charge on any atom is -0.490 e. The number of nitrogens with zero attached hydrogens (tertiary/aromatic N) is 1. The lowest BCUT2D eigenvalue weighted by molar-refractivity contribution is -0.0734. The molecule has 6 heteroatoms. The lowest BCUT2D eigenvalue weighted by Gasteiger charge is -2.35. The van der Waals surface area contributed by atoms with E-state index in [9.17, 15) is 0 Å². The first-order valence-corrected chi connectivity index (χ1v) is 8.75. The quantitative estimate of drug-likeness (QED) is 0.663. The van der Waals surface area contributed by atoms with Gasteiger partial charge in [0.1, 0.15) is 12.4 Å². The molecular formula is C16H23BrClNO3. The van der Waals surface area contributed by atoms with E-state index < -0.39 is 0 Å². The molecule has 124 valence electrons. The van der Waals surface area contributed by atoms with E-state index in [-0.39, 0.29) is 0 Å². The van der Waals surface area contributed by atoms with Crippen LogP contribution in [0.2, 0.25) is 5.02 Å². The largest absolute Gasteiger partial charge is 0.490 e. The van der Waals surface area contributed by atoms with Crippen LogP contribution in [0, 0.1) is 0 Å². The van der Waals surface area contributed by atoms with Crippen molar-refractivity contribution in [2.45, 2.75) is 26.1 Å². The second kappa shape index (κ2) is 9.08. The van der Waals surface area contributed by atoms with Crippen LogP contribution in [0.3, 0.4) is 0 Å². The van der Waals surface area contributed by atoms with Gasteiger partial charge in [-0.1, -0.05) is 11.6 Å². The van der Waals surface area contributed by atoms with Crippen LogP contribution >= 0.6 is 27.5 Å². The summed E-state index contributed by atoms with van der Waals surface area (Å²) in [5.74, 6) is 0.781. The molecule has 0 unspecified atom stereocenters. The molecule has 1 heterocycles. The Morgan fingerprint density at radius 3 is 2.64 bits per heavy atom. The van der Waals surface area contributed by atoms with Crippen LogP contribution in [0.15, 0.2) is 22.7 Å². The summed E-state index contributed by atoms with van der Waals surface area (Å²) in [6.45, 7) is 8.92. The van der Waals surface area contributed by atoms with Gasteiger partial charge in [-0.05, 0) is 48.0 Å². The molecule has 0 saturated carbocycles. The number of hydrogen-bond donors (Lipinski definition) is 0. The van der Waals surface area contributed by atoms with Crippen molar-refractivity contribution in [1.82, 2.24) is 4.90 Å².